The standard InChI is InChI=1S/2C10H12N2/c2*1-2-7-12-10(5-1)9-4-3-6-11-8-9/h2*1-4,6,8,10,12H,5,7H2/t10-;/m0./s1. The fourth-order valence-electron chi connectivity index (χ4n) is 2.89. The summed E-state index contributed by atoms with van der Waals surface area (Å²) in [5, 5.41) is 6.82. The first-order chi connectivity index (χ1) is 11.9. The fraction of sp³-hybridized carbons (Fsp3) is 0.300. The Bertz CT molecular complexity index is 592. The predicted molar refractivity (Wildman–Crippen MR) is 97.5 cm³/mol. The lowest BCUT2D eigenvalue weighted by molar-refractivity contribution is 0.553. The smallest absolute Gasteiger partial charge is 0.0372 e. The van der Waals surface area contributed by atoms with Gasteiger partial charge in [0.15, 0.2) is 0 Å². The molecule has 1 unspecified atom stereocenters. The van der Waals surface area contributed by atoms with Crippen molar-refractivity contribution < 1.29 is 0 Å². The third-order valence-corrected chi connectivity index (χ3v) is 4.21. The van der Waals surface area contributed by atoms with Crippen molar-refractivity contribution in [1.29, 1.82) is 0 Å². The van der Waals surface area contributed by atoms with E-state index in [9.17, 15) is 0 Å². The molecule has 124 valence electrons. The van der Waals surface area contributed by atoms with E-state index in [-0.39, 0.29) is 0 Å². The van der Waals surface area contributed by atoms with Crippen molar-refractivity contribution in [2.24, 2.45) is 0 Å². The van der Waals surface area contributed by atoms with Gasteiger partial charge in [-0.05, 0) is 36.1 Å². The van der Waals surface area contributed by atoms with Crippen LogP contribution in [0.2, 0.25) is 0 Å². The summed E-state index contributed by atoms with van der Waals surface area (Å²) in [5.41, 5.74) is 2.56. The molecule has 2 aromatic rings. The number of hydrogen-bond acceptors (Lipinski definition) is 4. The van der Waals surface area contributed by atoms with Crippen molar-refractivity contribution in [1.82, 2.24) is 20.6 Å². The summed E-state index contributed by atoms with van der Waals surface area (Å²) in [6.07, 6.45) is 18.4. The van der Waals surface area contributed by atoms with Gasteiger partial charge in [-0.3, -0.25) is 9.97 Å². The van der Waals surface area contributed by atoms with Crippen molar-refractivity contribution in [3.8, 4) is 0 Å². The molecule has 2 aromatic heterocycles. The van der Waals surface area contributed by atoms with Gasteiger partial charge in [0.25, 0.3) is 0 Å². The molecule has 4 rings (SSSR count). The zero-order valence-corrected chi connectivity index (χ0v) is 13.8. The van der Waals surface area contributed by atoms with E-state index in [2.05, 4.69) is 57.0 Å². The first-order valence-corrected chi connectivity index (χ1v) is 8.50. The van der Waals surface area contributed by atoms with Crippen LogP contribution >= 0.6 is 0 Å². The van der Waals surface area contributed by atoms with Crippen LogP contribution in [0.1, 0.15) is 36.1 Å². The third-order valence-electron chi connectivity index (χ3n) is 4.21. The van der Waals surface area contributed by atoms with Gasteiger partial charge < -0.3 is 10.6 Å². The Morgan fingerprint density at radius 1 is 0.708 bits per heavy atom. The summed E-state index contributed by atoms with van der Waals surface area (Å²) in [6.45, 7) is 1.94. The van der Waals surface area contributed by atoms with Gasteiger partial charge in [-0.1, -0.05) is 36.4 Å². The molecule has 0 saturated carbocycles. The quantitative estimate of drug-likeness (QED) is 0.833. The van der Waals surface area contributed by atoms with Crippen molar-refractivity contribution in [2.75, 3.05) is 13.1 Å². The monoisotopic (exact) mass is 320 g/mol. The van der Waals surface area contributed by atoms with Gasteiger partial charge in [0.2, 0.25) is 0 Å². The van der Waals surface area contributed by atoms with Gasteiger partial charge >= 0.3 is 0 Å². The van der Waals surface area contributed by atoms with Crippen LogP contribution in [-0.4, -0.2) is 23.1 Å². The van der Waals surface area contributed by atoms with E-state index in [1.54, 1.807) is 0 Å². The van der Waals surface area contributed by atoms with E-state index >= 15 is 0 Å². The van der Waals surface area contributed by atoms with E-state index in [0.717, 1.165) is 25.9 Å². The molecule has 24 heavy (non-hydrogen) atoms. The first-order valence-electron chi connectivity index (χ1n) is 8.50. The van der Waals surface area contributed by atoms with E-state index in [0.29, 0.717) is 12.1 Å². The van der Waals surface area contributed by atoms with Crippen molar-refractivity contribution in [3.05, 3.63) is 84.5 Å². The van der Waals surface area contributed by atoms with Gasteiger partial charge in [0, 0.05) is 50.0 Å². The number of nitrogens with zero attached hydrogens (tertiary/aromatic N) is 2. The Kier molecular flexibility index (Phi) is 6.28. The Morgan fingerprint density at radius 2 is 1.21 bits per heavy atom. The second-order valence-electron chi connectivity index (χ2n) is 5.91. The number of nitrogens with one attached hydrogen (secondary N) is 2. The SMILES string of the molecule is C1=CCC(c2cccnc2)NC1.C1=CC[C@@H](c2cccnc2)NC1. The molecule has 0 saturated heterocycles. The lowest BCUT2D eigenvalue weighted by Crippen LogP contribution is -2.23. The van der Waals surface area contributed by atoms with Crippen LogP contribution in [0.4, 0.5) is 0 Å². The predicted octanol–water partition coefficient (Wildman–Crippen LogP) is 3.34. The minimum atomic E-state index is 0.462. The molecule has 0 amide bonds. The summed E-state index contributed by atoms with van der Waals surface area (Å²) in [4.78, 5) is 8.19. The molecule has 2 aliphatic rings. The number of aromatic nitrogens is 2. The number of rotatable bonds is 2. The zero-order chi connectivity index (χ0) is 16.5. The largest absolute Gasteiger partial charge is 0.306 e. The fourth-order valence-corrected chi connectivity index (χ4v) is 2.89. The Balaban J connectivity index is 0.000000141. The topological polar surface area (TPSA) is 49.8 Å². The van der Waals surface area contributed by atoms with Crippen LogP contribution in [-0.2, 0) is 0 Å². The van der Waals surface area contributed by atoms with Crippen LogP contribution in [0.5, 0.6) is 0 Å². The molecule has 0 fully saturated rings. The molecule has 0 bridgehead atoms. The number of pyridine rings is 2. The summed E-state index contributed by atoms with van der Waals surface area (Å²) < 4.78 is 0. The van der Waals surface area contributed by atoms with Crippen LogP contribution in [0, 0.1) is 0 Å². The zero-order valence-electron chi connectivity index (χ0n) is 13.8. The molecular formula is C20H24N4. The highest BCUT2D eigenvalue weighted by Crippen LogP contribution is 2.18. The summed E-state index contributed by atoms with van der Waals surface area (Å²) in [7, 11) is 0. The van der Waals surface area contributed by atoms with Gasteiger partial charge in [-0.2, -0.15) is 0 Å². The maximum absolute atomic E-state index is 4.10. The Morgan fingerprint density at radius 3 is 1.54 bits per heavy atom. The van der Waals surface area contributed by atoms with Crippen LogP contribution in [0.25, 0.3) is 0 Å². The molecule has 0 aromatic carbocycles. The second-order valence-corrected chi connectivity index (χ2v) is 5.91. The average Bonchev–Trinajstić information content (AvgIpc) is 2.71. The van der Waals surface area contributed by atoms with Crippen LogP contribution < -0.4 is 10.6 Å². The van der Waals surface area contributed by atoms with Gasteiger partial charge in [-0.25, -0.2) is 0 Å². The number of hydrogen-bond donors (Lipinski definition) is 2. The van der Waals surface area contributed by atoms with Crippen LogP contribution in [0.15, 0.2) is 73.4 Å². The highest BCUT2D eigenvalue weighted by molar-refractivity contribution is 5.17. The molecule has 0 spiro atoms. The lowest BCUT2D eigenvalue weighted by Gasteiger charge is -2.19. The lowest BCUT2D eigenvalue weighted by atomic mass is 10.0. The van der Waals surface area contributed by atoms with Gasteiger partial charge in [0.1, 0.15) is 0 Å². The molecule has 2 atom stereocenters. The normalized spacial score (nSPS) is 22.5. The van der Waals surface area contributed by atoms with E-state index in [1.807, 2.05) is 36.9 Å². The highest BCUT2D eigenvalue weighted by atomic mass is 14.9. The molecule has 2 N–H and O–H groups in total. The Labute approximate surface area is 143 Å². The summed E-state index contributed by atoms with van der Waals surface area (Å²) in [6, 6.07) is 9.12. The molecule has 4 heterocycles. The molecule has 4 nitrogen and oxygen atoms in total. The summed E-state index contributed by atoms with van der Waals surface area (Å²) >= 11 is 0. The molecule has 0 radical (unpaired) electrons. The molecule has 4 heteroatoms. The minimum Gasteiger partial charge on any atom is -0.306 e. The molecular weight excluding hydrogens is 296 g/mol. The second kappa shape index (κ2) is 9.11. The van der Waals surface area contributed by atoms with Crippen LogP contribution in [0.3, 0.4) is 0 Å². The van der Waals surface area contributed by atoms with Crippen molar-refractivity contribution in [2.45, 2.75) is 24.9 Å². The molecule has 0 aliphatic carbocycles. The van der Waals surface area contributed by atoms with E-state index in [4.69, 9.17) is 0 Å². The highest BCUT2D eigenvalue weighted by Gasteiger charge is 2.11. The third kappa shape index (κ3) is 4.85. The van der Waals surface area contributed by atoms with Crippen molar-refractivity contribution >= 4 is 0 Å². The molecule has 2 aliphatic heterocycles. The van der Waals surface area contributed by atoms with E-state index in [1.165, 1.54) is 11.1 Å². The minimum absolute atomic E-state index is 0.462. The maximum atomic E-state index is 4.10. The van der Waals surface area contributed by atoms with Gasteiger partial charge in [0.05, 0.1) is 0 Å². The average molecular weight is 320 g/mol. The maximum Gasteiger partial charge on any atom is 0.0372 e. The first kappa shape index (κ1) is 16.6. The van der Waals surface area contributed by atoms with Crippen molar-refractivity contribution in [3.63, 3.8) is 0 Å². The van der Waals surface area contributed by atoms with E-state index < -0.39 is 0 Å². The van der Waals surface area contributed by atoms with Gasteiger partial charge in [-0.15, -0.1) is 0 Å². The summed E-state index contributed by atoms with van der Waals surface area (Å²) in [5.74, 6) is 0. The Hall–Kier alpha value is -2.30.